The number of fused-ring (bicyclic) bond motifs is 1. The number of aryl methyl sites for hydroxylation is 1. The second kappa shape index (κ2) is 62.7. The van der Waals surface area contributed by atoms with Crippen LogP contribution in [-0.4, -0.2) is 161 Å². The number of nitriles is 4. The summed E-state index contributed by atoms with van der Waals surface area (Å²) in [7, 11) is 17.3. The molecule has 2 aliphatic rings. The van der Waals surface area contributed by atoms with Crippen LogP contribution in [0.4, 0.5) is 17.6 Å². The molecule has 11 rings (SSSR count). The third-order valence-corrected chi connectivity index (χ3v) is 26.1. The number of thiophene rings is 1. The Balaban J connectivity index is 0.000000577. The normalized spacial score (nSPS) is 13.2. The second-order valence-corrected chi connectivity index (χ2v) is 45.5. The zero-order valence-electron chi connectivity index (χ0n) is 83.5. The molecule has 2 aliphatic heterocycles. The molecule has 5 heterocycles. The van der Waals surface area contributed by atoms with Gasteiger partial charge in [0.05, 0.1) is 145 Å². The van der Waals surface area contributed by atoms with E-state index >= 15 is 0 Å². The Labute approximate surface area is 840 Å². The van der Waals surface area contributed by atoms with Crippen LogP contribution in [0.15, 0.2) is 168 Å². The van der Waals surface area contributed by atoms with Crippen LogP contribution in [0, 0.1) is 97.2 Å². The van der Waals surface area contributed by atoms with Crippen molar-refractivity contribution in [2.24, 2.45) is 21.7 Å². The van der Waals surface area contributed by atoms with E-state index < -0.39 is 105 Å². The van der Waals surface area contributed by atoms with Crippen LogP contribution in [-0.2, 0) is 68.7 Å². The van der Waals surface area contributed by atoms with Crippen molar-refractivity contribution in [1.82, 2.24) is 24.5 Å². The summed E-state index contributed by atoms with van der Waals surface area (Å²) in [5.41, 5.74) is -2.79. The molecule has 6 aromatic carbocycles. The molecule has 4 atom stereocenters. The summed E-state index contributed by atoms with van der Waals surface area (Å²) >= 11 is -0.128. The number of carbonyl (C=O) groups is 3. The van der Waals surface area contributed by atoms with Gasteiger partial charge in [-0.25, -0.2) is 26.9 Å². The number of nitrogens with one attached hydrogen (secondary N) is 1. The molecule has 9 aromatic rings. The molecule has 2 fully saturated rings. The number of halogens is 7. The number of H-pyrrole nitrogens is 1. The van der Waals surface area contributed by atoms with E-state index in [1.807, 2.05) is 94.4 Å². The number of hydrogen-bond acceptors (Lipinski definition) is 27. The minimum atomic E-state index is -3.28. The van der Waals surface area contributed by atoms with Crippen LogP contribution < -0.4 is 40.6 Å². The van der Waals surface area contributed by atoms with E-state index in [1.54, 1.807) is 89.3 Å². The van der Waals surface area contributed by atoms with Crippen molar-refractivity contribution in [3.05, 3.63) is 231 Å². The van der Waals surface area contributed by atoms with Gasteiger partial charge in [-0.05, 0) is 190 Å². The van der Waals surface area contributed by atoms with E-state index in [-0.39, 0.29) is 70.1 Å². The molecule has 0 saturated carbocycles. The zero-order valence-corrected chi connectivity index (χ0v) is 88.7. The first-order valence-electron chi connectivity index (χ1n) is 44.5. The van der Waals surface area contributed by atoms with E-state index in [9.17, 15) is 51.7 Å². The number of rotatable bonds is 33. The van der Waals surface area contributed by atoms with Gasteiger partial charge in [-0.15, -0.1) is 4.80 Å². The summed E-state index contributed by atoms with van der Waals surface area (Å²) in [5.74, 6) is -0.763. The Morgan fingerprint density at radius 3 is 1.31 bits per heavy atom. The number of esters is 2. The maximum absolute atomic E-state index is 14.3. The molecule has 0 bridgehead atoms. The molecule has 2 unspecified atom stereocenters. The van der Waals surface area contributed by atoms with E-state index in [0.717, 1.165) is 46.4 Å². The minimum absolute atomic E-state index is 0.0376. The average Bonchev–Trinajstić information content (AvgIpc) is 1.23. The maximum atomic E-state index is 14.3. The quantitative estimate of drug-likeness (QED) is 0.00975. The summed E-state index contributed by atoms with van der Waals surface area (Å²) in [5, 5.41) is 72.8. The van der Waals surface area contributed by atoms with Gasteiger partial charge in [-0.3, -0.25) is 24.2 Å². The number of nitrogens with zero attached hydrogens (tertiary/aromatic N) is 8. The molecule has 0 aliphatic carbocycles. The van der Waals surface area contributed by atoms with Gasteiger partial charge >= 0.3 is 73.4 Å². The Morgan fingerprint density at radius 2 is 0.979 bits per heavy atom. The first-order valence-corrected chi connectivity index (χ1v) is 51.8. The van der Waals surface area contributed by atoms with Gasteiger partial charge in [-0.2, -0.15) is 31.2 Å². The summed E-state index contributed by atoms with van der Waals surface area (Å²) < 4.78 is 118. The summed E-state index contributed by atoms with van der Waals surface area (Å²) in [6.45, 7) is 38.1. The number of aliphatic hydroxyl groups is 3. The zero-order chi connectivity index (χ0) is 106. The fraction of sp³-hybridized carbons (Fsp3) is 0.475. The number of hydrogen-bond donors (Lipinski definition) is 4. The molecule has 3 aromatic heterocycles. The van der Waals surface area contributed by atoms with E-state index in [1.165, 1.54) is 129 Å². The molecule has 4 N–H and O–H groups in total. The predicted octanol–water partition coefficient (Wildman–Crippen LogP) is 19.9. The Kier molecular flexibility index (Phi) is 56.2. The van der Waals surface area contributed by atoms with Gasteiger partial charge < -0.3 is 71.9 Å². The molecule has 2 saturated heterocycles. The van der Waals surface area contributed by atoms with Crippen LogP contribution in [0.3, 0.4) is 0 Å². The van der Waals surface area contributed by atoms with Gasteiger partial charge in [-0.1, -0.05) is 127 Å². The second-order valence-electron chi connectivity index (χ2n) is 34.8. The Morgan fingerprint density at radius 1 is 0.600 bits per heavy atom. The van der Waals surface area contributed by atoms with Gasteiger partial charge in [0.2, 0.25) is 0 Å². The first-order chi connectivity index (χ1) is 66.0. The number of aromatic amines is 1. The Hall–Kier alpha value is -10.6. The summed E-state index contributed by atoms with van der Waals surface area (Å²) in [4.78, 5) is 68.1. The monoisotopic (exact) mass is 2090 g/mol. The van der Waals surface area contributed by atoms with Crippen molar-refractivity contribution < 1.29 is 115 Å². The first kappa shape index (κ1) is 125. The molecule has 29 nitrogen and oxygen atoms in total. The standard InChI is InChI=1S/C29H31N5O4SSi.C18H24FNO4.2C14H18FNO3.C9H9FO2.C6H10O2.C5H9NO.C4H8O.C2H6.3ClH.Fe/c1-19-22-23(39-25(19)34-30-17-18-31-34)32-27(37)33(24(22)35)29(5,6)26(36)38-40(28(2,3)4,20-13-9-7-10-14-20)21-15-11-8-12-16-21;1-5-6-17(21)23-10-16(24-12-18(2,3)11-20)14-9-13(19)7-8-15(14)22-4;2*1-14(2,8-16)9-19-13(7-17)11-6-10(15)4-5-12(11)18-3;1-11-8-3-2-6(10)4-7(8)9-5-12-9;1-3-5-6(7)8-4-2;1-5(2,3-6)4-7;1-2-4-5-3-1;1-2;;;;/h7-18H,1-6H3,(H,32,37);7-9,16H,5-6,10,12H2,1-4H3;2*4-6,13,17H,7,9H2,1-3H3;2-4,9H,5H2,1H3;4H,2-3,5H2,1H3;7H,4H2,1-2H3;1-4H2;1-2H3;3*1H;/q;;;;;;;;;;;;+3/p-3/t;16-;13-;;;;;;;;;;/m.00........../s1. The summed E-state index contributed by atoms with van der Waals surface area (Å²) in [6, 6.07) is 44.3. The molecule has 140 heavy (non-hydrogen) atoms. The van der Waals surface area contributed by atoms with Crippen molar-refractivity contribution in [2.45, 2.75) is 198 Å². The van der Waals surface area contributed by atoms with Crippen molar-refractivity contribution >= 4 is 88.4 Å². The van der Waals surface area contributed by atoms with E-state index in [4.69, 9.17) is 108 Å². The number of benzene rings is 6. The topological polar surface area (TPSA) is 407 Å². The van der Waals surface area contributed by atoms with Gasteiger partial charge in [0.15, 0.2) is 0 Å². The third kappa shape index (κ3) is 41.5. The summed E-state index contributed by atoms with van der Waals surface area (Å²) in [6.07, 6.45) is 6.93. The van der Waals surface area contributed by atoms with Crippen molar-refractivity contribution in [1.29, 1.82) is 21.0 Å². The molecule has 0 amide bonds. The molecular formula is C101H133Cl3F4FeN9O20SSi. The van der Waals surface area contributed by atoms with Crippen molar-refractivity contribution in [3.63, 3.8) is 0 Å². The predicted molar refractivity (Wildman–Crippen MR) is 531 cm³/mol. The molecule has 39 heteroatoms. The number of methoxy groups -OCH3 is 4. The number of ether oxygens (including phenoxy) is 11. The fourth-order valence-electron chi connectivity index (χ4n) is 12.4. The van der Waals surface area contributed by atoms with E-state index in [0.29, 0.717) is 86.3 Å². The van der Waals surface area contributed by atoms with Gasteiger partial charge in [0, 0.05) is 53.9 Å². The van der Waals surface area contributed by atoms with Crippen LogP contribution >= 0.6 is 41.6 Å². The Bertz CT molecular complexity index is 5450. The van der Waals surface area contributed by atoms with E-state index in [2.05, 4.69) is 65.5 Å². The molecular weight excluding hydrogens is 1960 g/mol. The van der Waals surface area contributed by atoms with Crippen molar-refractivity contribution in [3.8, 4) is 52.3 Å². The number of aliphatic hydroxyl groups excluding tert-OH is 3. The third-order valence-electron chi connectivity index (χ3n) is 20.0. The van der Waals surface area contributed by atoms with Crippen LogP contribution in [0.5, 0.6) is 23.0 Å². The molecule has 769 valence electrons. The average molecular weight is 2090 g/mol. The van der Waals surface area contributed by atoms with Crippen LogP contribution in [0.2, 0.25) is 5.04 Å². The number of carbonyl (C=O) groups excluding carboxylic acids is 3. The van der Waals surface area contributed by atoms with Crippen LogP contribution in [0.1, 0.15) is 208 Å². The van der Waals surface area contributed by atoms with Gasteiger partial charge in [0.25, 0.3) is 5.56 Å². The number of epoxide rings is 1. The molecule has 0 radical (unpaired) electrons. The fourth-order valence-corrected chi connectivity index (χ4v) is 17.9. The van der Waals surface area contributed by atoms with Crippen LogP contribution in [0.25, 0.3) is 15.2 Å². The molecule has 0 spiro atoms. The van der Waals surface area contributed by atoms with Gasteiger partial charge in [0.1, 0.15) is 92.7 Å². The SMILES string of the molecule is C1CCOC1.C=COC(=O)CCC.CC.CC(C)(C#N)CO.CCCC(=O)OC[C@H](OCC(C)(C)C#N)c1cc(F)ccc1OC.COc1ccc(F)cc1C(CO)OCC(C)(C)C#N.COc1ccc(F)cc1C1CO1.COc1ccc(F)cc1[C@H](CO)OCC(C)(C)C#N.Cc1c(-n2nccn2)sc2[nH]c(=O)n(C(C)(C)C(=O)O[Si](c3ccccc3)(c3ccccc3)C(C)(C)C)c(=O)c12.[Cl][Fe]([Cl])[Cl]. The van der Waals surface area contributed by atoms with Crippen molar-refractivity contribution in [2.75, 3.05) is 94.5 Å². The number of aromatic nitrogens is 5.